The molecular weight excluding hydrogens is 406 g/mol. The van der Waals surface area contributed by atoms with Crippen LogP contribution >= 0.6 is 11.3 Å². The van der Waals surface area contributed by atoms with E-state index in [1.54, 1.807) is 17.3 Å². The summed E-state index contributed by atoms with van der Waals surface area (Å²) in [6.07, 6.45) is 3.83. The van der Waals surface area contributed by atoms with E-state index in [1.807, 2.05) is 43.3 Å². The number of carbonyl (C=O) groups is 1. The Balaban J connectivity index is 1.70. The third-order valence-electron chi connectivity index (χ3n) is 5.19. The summed E-state index contributed by atoms with van der Waals surface area (Å²) in [5.41, 5.74) is 5.16. The first-order valence-electron chi connectivity index (χ1n) is 10.3. The van der Waals surface area contributed by atoms with Gasteiger partial charge in [-0.25, -0.2) is 4.98 Å². The van der Waals surface area contributed by atoms with E-state index < -0.39 is 0 Å². The molecule has 0 atom stereocenters. The molecule has 0 fully saturated rings. The highest BCUT2D eigenvalue weighted by Crippen LogP contribution is 2.35. The third-order valence-corrected chi connectivity index (χ3v) is 6.24. The average molecular weight is 432 g/mol. The molecule has 0 aliphatic rings. The molecule has 0 aliphatic heterocycles. The SMILES string of the molecule is CCOc1cccc2sc(N(Cc3cccnc3)C(=O)Cc3ccc(C)c(C)c3)nc12. The number of rotatable bonds is 7. The highest BCUT2D eigenvalue weighted by atomic mass is 32.1. The standard InChI is InChI=1S/C25H25N3O2S/c1-4-30-21-8-5-9-22-24(21)27-25(31-22)28(16-20-7-6-12-26-15-20)23(29)14-19-11-10-17(2)18(3)13-19/h5-13,15H,4,14,16H2,1-3H3. The second kappa shape index (κ2) is 9.27. The molecule has 0 bridgehead atoms. The Morgan fingerprint density at radius 2 is 1.94 bits per heavy atom. The zero-order valence-electron chi connectivity index (χ0n) is 18.0. The van der Waals surface area contributed by atoms with Crippen LogP contribution in [0.4, 0.5) is 5.13 Å². The molecule has 0 aliphatic carbocycles. The summed E-state index contributed by atoms with van der Waals surface area (Å²) in [5, 5.41) is 0.667. The van der Waals surface area contributed by atoms with E-state index in [1.165, 1.54) is 22.5 Å². The lowest BCUT2D eigenvalue weighted by molar-refractivity contribution is -0.118. The van der Waals surface area contributed by atoms with Crippen molar-refractivity contribution in [3.05, 3.63) is 83.2 Å². The van der Waals surface area contributed by atoms with Crippen molar-refractivity contribution in [3.63, 3.8) is 0 Å². The van der Waals surface area contributed by atoms with Crippen LogP contribution in [0.15, 0.2) is 60.9 Å². The smallest absolute Gasteiger partial charge is 0.233 e. The molecule has 5 nitrogen and oxygen atoms in total. The van der Waals surface area contributed by atoms with Gasteiger partial charge in [0.05, 0.1) is 24.3 Å². The summed E-state index contributed by atoms with van der Waals surface area (Å²) >= 11 is 1.50. The van der Waals surface area contributed by atoms with Gasteiger partial charge in [-0.05, 0) is 61.2 Å². The number of carbonyl (C=O) groups excluding carboxylic acids is 1. The molecule has 0 unspecified atom stereocenters. The first-order valence-corrected chi connectivity index (χ1v) is 11.1. The number of aromatic nitrogens is 2. The fourth-order valence-electron chi connectivity index (χ4n) is 3.42. The fourth-order valence-corrected chi connectivity index (χ4v) is 4.42. The van der Waals surface area contributed by atoms with Gasteiger partial charge in [-0.1, -0.05) is 41.7 Å². The van der Waals surface area contributed by atoms with Gasteiger partial charge in [-0.15, -0.1) is 0 Å². The van der Waals surface area contributed by atoms with Gasteiger partial charge in [0.2, 0.25) is 5.91 Å². The molecule has 2 aromatic heterocycles. The zero-order chi connectivity index (χ0) is 21.8. The Labute approximate surface area is 186 Å². The van der Waals surface area contributed by atoms with Crippen molar-refractivity contribution in [2.45, 2.75) is 33.7 Å². The number of anilines is 1. The largest absolute Gasteiger partial charge is 0.492 e. The number of hydrogen-bond acceptors (Lipinski definition) is 5. The lowest BCUT2D eigenvalue weighted by atomic mass is 10.0. The van der Waals surface area contributed by atoms with E-state index in [-0.39, 0.29) is 5.91 Å². The Bertz CT molecular complexity index is 1200. The van der Waals surface area contributed by atoms with E-state index in [0.29, 0.717) is 24.7 Å². The molecule has 2 aromatic carbocycles. The minimum atomic E-state index is 0.00382. The molecule has 6 heteroatoms. The Hall–Kier alpha value is -3.25. The maximum atomic E-state index is 13.4. The van der Waals surface area contributed by atoms with Gasteiger partial charge in [0, 0.05) is 12.4 Å². The number of fused-ring (bicyclic) bond motifs is 1. The van der Waals surface area contributed by atoms with Crippen molar-refractivity contribution in [3.8, 4) is 5.75 Å². The first kappa shape index (κ1) is 21.0. The monoisotopic (exact) mass is 431 g/mol. The van der Waals surface area contributed by atoms with E-state index >= 15 is 0 Å². The molecule has 31 heavy (non-hydrogen) atoms. The number of pyridine rings is 1. The van der Waals surface area contributed by atoms with Crippen LogP contribution in [-0.4, -0.2) is 22.5 Å². The summed E-state index contributed by atoms with van der Waals surface area (Å²) in [6.45, 7) is 7.08. The van der Waals surface area contributed by atoms with Crippen LogP contribution in [0.25, 0.3) is 10.2 Å². The number of benzene rings is 2. The summed E-state index contributed by atoms with van der Waals surface area (Å²) < 4.78 is 6.74. The minimum absolute atomic E-state index is 0.00382. The molecule has 158 valence electrons. The van der Waals surface area contributed by atoms with E-state index in [9.17, 15) is 4.79 Å². The van der Waals surface area contributed by atoms with Gasteiger partial charge in [-0.2, -0.15) is 0 Å². The van der Waals surface area contributed by atoms with Crippen molar-refractivity contribution in [1.29, 1.82) is 0 Å². The van der Waals surface area contributed by atoms with Crippen LogP contribution < -0.4 is 9.64 Å². The molecule has 0 spiro atoms. The van der Waals surface area contributed by atoms with E-state index in [4.69, 9.17) is 9.72 Å². The molecule has 4 aromatic rings. The van der Waals surface area contributed by atoms with Gasteiger partial charge < -0.3 is 4.74 Å². The van der Waals surface area contributed by atoms with Crippen LogP contribution in [0.5, 0.6) is 5.75 Å². The molecule has 0 radical (unpaired) electrons. The van der Waals surface area contributed by atoms with Gasteiger partial charge in [-0.3, -0.25) is 14.7 Å². The van der Waals surface area contributed by atoms with Crippen molar-refractivity contribution in [2.24, 2.45) is 0 Å². The summed E-state index contributed by atoms with van der Waals surface area (Å²) in [6, 6.07) is 15.9. The average Bonchev–Trinajstić information content (AvgIpc) is 3.20. The maximum Gasteiger partial charge on any atom is 0.233 e. The van der Waals surface area contributed by atoms with Crippen LogP contribution in [0.3, 0.4) is 0 Å². The maximum absolute atomic E-state index is 13.4. The van der Waals surface area contributed by atoms with Gasteiger partial charge in [0.15, 0.2) is 5.13 Å². The minimum Gasteiger partial charge on any atom is -0.492 e. The highest BCUT2D eigenvalue weighted by Gasteiger charge is 2.22. The van der Waals surface area contributed by atoms with Gasteiger partial charge in [0.1, 0.15) is 11.3 Å². The summed E-state index contributed by atoms with van der Waals surface area (Å²) in [4.78, 5) is 24.2. The van der Waals surface area contributed by atoms with E-state index in [0.717, 1.165) is 27.1 Å². The van der Waals surface area contributed by atoms with Crippen LogP contribution in [-0.2, 0) is 17.8 Å². The van der Waals surface area contributed by atoms with Crippen molar-refractivity contribution in [2.75, 3.05) is 11.5 Å². The predicted octanol–water partition coefficient (Wildman–Crippen LogP) is 5.48. The Morgan fingerprint density at radius 1 is 1.06 bits per heavy atom. The predicted molar refractivity (Wildman–Crippen MR) is 126 cm³/mol. The number of amides is 1. The number of para-hydroxylation sites is 1. The highest BCUT2D eigenvalue weighted by molar-refractivity contribution is 7.22. The molecule has 0 N–H and O–H groups in total. The number of aryl methyl sites for hydroxylation is 2. The fraction of sp³-hybridized carbons (Fsp3) is 0.240. The number of nitrogens with zero attached hydrogens (tertiary/aromatic N) is 3. The summed E-state index contributed by atoms with van der Waals surface area (Å²) in [5.74, 6) is 0.745. The van der Waals surface area contributed by atoms with Crippen molar-refractivity contribution < 1.29 is 9.53 Å². The lowest BCUT2D eigenvalue weighted by Gasteiger charge is -2.20. The Kier molecular flexibility index (Phi) is 6.28. The first-order chi connectivity index (χ1) is 15.0. The second-order valence-electron chi connectivity index (χ2n) is 7.47. The second-order valence-corrected chi connectivity index (χ2v) is 8.48. The van der Waals surface area contributed by atoms with Crippen LogP contribution in [0, 0.1) is 13.8 Å². The molecular formula is C25H25N3O2S. The van der Waals surface area contributed by atoms with Gasteiger partial charge in [0.25, 0.3) is 0 Å². The van der Waals surface area contributed by atoms with Crippen LogP contribution in [0.1, 0.15) is 29.2 Å². The van der Waals surface area contributed by atoms with Crippen molar-refractivity contribution in [1.82, 2.24) is 9.97 Å². The third kappa shape index (κ3) is 4.75. The quantitative estimate of drug-likeness (QED) is 0.389. The number of ether oxygens (including phenoxy) is 1. The lowest BCUT2D eigenvalue weighted by Crippen LogP contribution is -2.31. The molecule has 2 heterocycles. The molecule has 0 saturated heterocycles. The normalized spacial score (nSPS) is 10.9. The zero-order valence-corrected chi connectivity index (χ0v) is 18.8. The van der Waals surface area contributed by atoms with Gasteiger partial charge >= 0.3 is 0 Å². The summed E-state index contributed by atoms with van der Waals surface area (Å²) in [7, 11) is 0. The molecule has 1 amide bonds. The van der Waals surface area contributed by atoms with Crippen molar-refractivity contribution >= 4 is 32.6 Å². The molecule has 0 saturated carbocycles. The molecule has 4 rings (SSSR count). The number of hydrogen-bond donors (Lipinski definition) is 0. The van der Waals surface area contributed by atoms with Crippen LogP contribution in [0.2, 0.25) is 0 Å². The topological polar surface area (TPSA) is 55.3 Å². The number of thiazole rings is 1. The Morgan fingerprint density at radius 3 is 2.68 bits per heavy atom. The van der Waals surface area contributed by atoms with E-state index in [2.05, 4.69) is 31.0 Å².